The lowest BCUT2D eigenvalue weighted by molar-refractivity contribution is -0.142. The average Bonchev–Trinajstić information content (AvgIpc) is 3.14. The van der Waals surface area contributed by atoms with E-state index in [9.17, 15) is 14.4 Å². The van der Waals surface area contributed by atoms with Crippen LogP contribution in [0.25, 0.3) is 0 Å². The molecule has 0 saturated carbocycles. The Balaban J connectivity index is 1.38. The number of carbonyl (C=O) groups excluding carboxylic acids is 3. The summed E-state index contributed by atoms with van der Waals surface area (Å²) in [6.07, 6.45) is 0.642. The third-order valence-electron chi connectivity index (χ3n) is 5.88. The topological polar surface area (TPSA) is 92.1 Å². The summed E-state index contributed by atoms with van der Waals surface area (Å²) in [4.78, 5) is 41.5. The zero-order chi connectivity index (χ0) is 23.7. The first-order chi connectivity index (χ1) is 15.7. The number of hydrogen-bond acceptors (Lipinski definition) is 5. The van der Waals surface area contributed by atoms with Gasteiger partial charge < -0.3 is 24.3 Å². The highest BCUT2D eigenvalue weighted by molar-refractivity contribution is 6.42. The van der Waals surface area contributed by atoms with Gasteiger partial charge in [0.2, 0.25) is 0 Å². The van der Waals surface area contributed by atoms with Crippen molar-refractivity contribution >= 4 is 40.9 Å². The molecular weight excluding hydrogens is 469 g/mol. The zero-order valence-corrected chi connectivity index (χ0v) is 19.9. The summed E-state index contributed by atoms with van der Waals surface area (Å²) >= 11 is 11.9. The molecule has 0 aliphatic carbocycles. The van der Waals surface area contributed by atoms with Crippen LogP contribution in [0.3, 0.4) is 0 Å². The van der Waals surface area contributed by atoms with Crippen LogP contribution in [-0.4, -0.2) is 65.8 Å². The fraction of sp³-hybridized carbons (Fsp3) is 0.435. The summed E-state index contributed by atoms with van der Waals surface area (Å²) in [5, 5.41) is 3.56. The average molecular weight is 494 g/mol. The van der Waals surface area contributed by atoms with E-state index in [1.165, 1.54) is 6.07 Å². The lowest BCUT2D eigenvalue weighted by atomic mass is 10.1. The Kier molecular flexibility index (Phi) is 6.86. The minimum Gasteiger partial charge on any atom is -0.481 e. The second-order valence-corrected chi connectivity index (χ2v) is 9.09. The molecule has 2 aliphatic heterocycles. The maximum absolute atomic E-state index is 13.0. The molecule has 2 aliphatic rings. The van der Waals surface area contributed by atoms with Crippen LogP contribution in [0.4, 0.5) is 0 Å². The van der Waals surface area contributed by atoms with Crippen LogP contribution in [0.2, 0.25) is 10.0 Å². The second-order valence-electron chi connectivity index (χ2n) is 8.27. The molecule has 0 spiro atoms. The molecule has 176 valence electrons. The number of nitrogens with one attached hydrogen (secondary N) is 1. The van der Waals surface area contributed by atoms with Crippen molar-refractivity contribution in [1.82, 2.24) is 15.1 Å². The summed E-state index contributed by atoms with van der Waals surface area (Å²) in [5.74, 6) is 0.471. The summed E-state index contributed by atoms with van der Waals surface area (Å²) in [6.45, 7) is 5.21. The number of nitrogens with zero attached hydrogens (tertiary/aromatic N) is 2. The first kappa shape index (κ1) is 23.4. The SMILES string of the molecule is CC(Oc1ccc(Cl)c(Cl)c1)C(=O)N1CCN(C(=O)c2cc3c(o2)CCCNC3=O)CC1C. The van der Waals surface area contributed by atoms with E-state index in [0.717, 1.165) is 6.42 Å². The standard InChI is InChI=1S/C23H25Cl2N3O5/c1-13-12-27(23(31)20-11-16-19(33-20)4-3-7-26-21(16)29)8-9-28(13)22(30)14(2)32-15-5-6-17(24)18(25)10-15/h5-6,10-11,13-14H,3-4,7-9,12H2,1-2H3,(H,26,29). The van der Waals surface area contributed by atoms with Crippen molar-refractivity contribution in [1.29, 1.82) is 0 Å². The van der Waals surface area contributed by atoms with Gasteiger partial charge in [-0.05, 0) is 32.4 Å². The van der Waals surface area contributed by atoms with Gasteiger partial charge in [0.25, 0.3) is 17.7 Å². The van der Waals surface area contributed by atoms with E-state index < -0.39 is 6.10 Å². The smallest absolute Gasteiger partial charge is 0.289 e. The van der Waals surface area contributed by atoms with Crippen LogP contribution in [0.5, 0.6) is 5.75 Å². The number of carbonyl (C=O) groups is 3. The van der Waals surface area contributed by atoms with Crippen molar-refractivity contribution in [3.8, 4) is 5.75 Å². The molecule has 0 radical (unpaired) electrons. The fourth-order valence-electron chi connectivity index (χ4n) is 4.12. The number of rotatable bonds is 4. The number of ether oxygens (including phenoxy) is 1. The number of amides is 3. The third kappa shape index (κ3) is 4.96. The molecule has 3 heterocycles. The first-order valence-electron chi connectivity index (χ1n) is 10.9. The Morgan fingerprint density at radius 2 is 2.00 bits per heavy atom. The Morgan fingerprint density at radius 1 is 1.21 bits per heavy atom. The Morgan fingerprint density at radius 3 is 2.73 bits per heavy atom. The molecular formula is C23H25Cl2N3O5. The van der Waals surface area contributed by atoms with E-state index in [1.54, 1.807) is 34.9 Å². The largest absolute Gasteiger partial charge is 0.481 e. The zero-order valence-electron chi connectivity index (χ0n) is 18.4. The fourth-order valence-corrected chi connectivity index (χ4v) is 4.41. The Labute approximate surface area is 201 Å². The molecule has 3 amide bonds. The maximum atomic E-state index is 13.0. The molecule has 1 N–H and O–H groups in total. The van der Waals surface area contributed by atoms with Crippen LogP contribution in [0.15, 0.2) is 28.7 Å². The molecule has 2 atom stereocenters. The highest BCUT2D eigenvalue weighted by Gasteiger charge is 2.34. The van der Waals surface area contributed by atoms with Gasteiger partial charge in [-0.25, -0.2) is 0 Å². The number of aryl methyl sites for hydroxylation is 1. The number of halogens is 2. The van der Waals surface area contributed by atoms with Crippen molar-refractivity contribution in [2.45, 2.75) is 38.8 Å². The molecule has 8 nitrogen and oxygen atoms in total. The van der Waals surface area contributed by atoms with Crippen LogP contribution in [0.1, 0.15) is 46.9 Å². The maximum Gasteiger partial charge on any atom is 0.289 e. The molecule has 1 aromatic carbocycles. The van der Waals surface area contributed by atoms with E-state index in [0.29, 0.717) is 59.7 Å². The Bertz CT molecular complexity index is 1090. The monoisotopic (exact) mass is 493 g/mol. The van der Waals surface area contributed by atoms with Gasteiger partial charge >= 0.3 is 0 Å². The Hall–Kier alpha value is -2.71. The van der Waals surface area contributed by atoms with E-state index >= 15 is 0 Å². The normalized spacial score (nSPS) is 19.4. The predicted molar refractivity (Wildman–Crippen MR) is 123 cm³/mol. The molecule has 0 bridgehead atoms. The van der Waals surface area contributed by atoms with E-state index in [-0.39, 0.29) is 29.5 Å². The van der Waals surface area contributed by atoms with Crippen LogP contribution < -0.4 is 10.1 Å². The van der Waals surface area contributed by atoms with Crippen molar-refractivity contribution in [2.75, 3.05) is 26.2 Å². The number of benzene rings is 1. The first-order valence-corrected chi connectivity index (χ1v) is 11.6. The lowest BCUT2D eigenvalue weighted by Crippen LogP contribution is -2.57. The van der Waals surface area contributed by atoms with Crippen molar-refractivity contribution in [3.63, 3.8) is 0 Å². The summed E-state index contributed by atoms with van der Waals surface area (Å²) in [7, 11) is 0. The van der Waals surface area contributed by atoms with Crippen LogP contribution in [0, 0.1) is 0 Å². The van der Waals surface area contributed by atoms with Gasteiger partial charge in [0.05, 0.1) is 15.6 Å². The van der Waals surface area contributed by atoms with Gasteiger partial charge in [-0.2, -0.15) is 0 Å². The van der Waals surface area contributed by atoms with Crippen LogP contribution in [-0.2, 0) is 11.2 Å². The number of fused-ring (bicyclic) bond motifs is 1. The molecule has 1 aromatic heterocycles. The lowest BCUT2D eigenvalue weighted by Gasteiger charge is -2.40. The van der Waals surface area contributed by atoms with Gasteiger partial charge in [-0.1, -0.05) is 23.2 Å². The van der Waals surface area contributed by atoms with Crippen molar-refractivity contribution in [3.05, 3.63) is 51.4 Å². The second kappa shape index (κ2) is 9.65. The predicted octanol–water partition coefficient (Wildman–Crippen LogP) is 3.40. The van der Waals surface area contributed by atoms with Crippen molar-refractivity contribution < 1.29 is 23.5 Å². The molecule has 2 aromatic rings. The highest BCUT2D eigenvalue weighted by atomic mass is 35.5. The van der Waals surface area contributed by atoms with Gasteiger partial charge in [-0.15, -0.1) is 0 Å². The highest BCUT2D eigenvalue weighted by Crippen LogP contribution is 2.27. The summed E-state index contributed by atoms with van der Waals surface area (Å²) in [5.41, 5.74) is 0.422. The summed E-state index contributed by atoms with van der Waals surface area (Å²) in [6, 6.07) is 6.14. The number of hydrogen-bond donors (Lipinski definition) is 1. The van der Waals surface area contributed by atoms with Crippen LogP contribution >= 0.6 is 23.2 Å². The van der Waals surface area contributed by atoms with Gasteiger partial charge in [0.1, 0.15) is 11.5 Å². The van der Waals surface area contributed by atoms with Gasteiger partial charge in [0, 0.05) is 50.8 Å². The third-order valence-corrected chi connectivity index (χ3v) is 6.62. The molecule has 10 heteroatoms. The molecule has 33 heavy (non-hydrogen) atoms. The van der Waals surface area contributed by atoms with E-state index in [1.807, 2.05) is 6.92 Å². The minimum absolute atomic E-state index is 0.153. The van der Waals surface area contributed by atoms with Crippen molar-refractivity contribution in [2.24, 2.45) is 0 Å². The number of furan rings is 1. The summed E-state index contributed by atoms with van der Waals surface area (Å²) < 4.78 is 11.5. The minimum atomic E-state index is -0.730. The van der Waals surface area contributed by atoms with E-state index in [2.05, 4.69) is 5.32 Å². The van der Waals surface area contributed by atoms with Gasteiger partial charge in [-0.3, -0.25) is 14.4 Å². The molecule has 2 unspecified atom stereocenters. The molecule has 1 saturated heterocycles. The number of piperazine rings is 1. The molecule has 1 fully saturated rings. The molecule has 4 rings (SSSR count). The van der Waals surface area contributed by atoms with E-state index in [4.69, 9.17) is 32.4 Å². The quantitative estimate of drug-likeness (QED) is 0.704. The van der Waals surface area contributed by atoms with Gasteiger partial charge in [0.15, 0.2) is 11.9 Å².